The quantitative estimate of drug-likeness (QED) is 0.599. The molecule has 1 fully saturated rings. The summed E-state index contributed by atoms with van der Waals surface area (Å²) in [7, 11) is 0. The topological polar surface area (TPSA) is 55.6 Å². The van der Waals surface area contributed by atoms with E-state index in [2.05, 4.69) is 33.0 Å². The van der Waals surface area contributed by atoms with E-state index in [-0.39, 0.29) is 16.7 Å². The van der Waals surface area contributed by atoms with Crippen molar-refractivity contribution < 1.29 is 9.66 Å². The summed E-state index contributed by atoms with van der Waals surface area (Å²) in [4.78, 5) is 12.8. The fraction of sp³-hybridized carbons (Fsp3) is 0.294. The molecule has 2 aromatic rings. The number of nitrogens with zero attached hydrogens (tertiary/aromatic N) is 2. The van der Waals surface area contributed by atoms with Gasteiger partial charge in [0.05, 0.1) is 17.6 Å². The maximum absolute atomic E-state index is 10.9. The first-order valence-corrected chi connectivity index (χ1v) is 8.24. The van der Waals surface area contributed by atoms with Gasteiger partial charge in [-0.1, -0.05) is 40.2 Å². The predicted octanol–water partition coefficient (Wildman–Crippen LogP) is 3.93. The van der Waals surface area contributed by atoms with Gasteiger partial charge in [-0.3, -0.25) is 15.0 Å². The van der Waals surface area contributed by atoms with E-state index in [1.807, 2.05) is 18.2 Å². The SMILES string of the molecule is O=[N+]([O-])c1cccc(CN2CCOC(c3cccc(Br)c3)C2)c1. The molecule has 1 aliphatic rings. The summed E-state index contributed by atoms with van der Waals surface area (Å²) in [5, 5.41) is 10.9. The Bertz CT molecular complexity index is 708. The van der Waals surface area contributed by atoms with Crippen LogP contribution in [0.25, 0.3) is 0 Å². The lowest BCUT2D eigenvalue weighted by Gasteiger charge is -2.33. The van der Waals surface area contributed by atoms with E-state index in [1.54, 1.807) is 12.1 Å². The van der Waals surface area contributed by atoms with Crippen molar-refractivity contribution in [2.45, 2.75) is 12.6 Å². The highest BCUT2D eigenvalue weighted by molar-refractivity contribution is 9.10. The number of hydrogen-bond acceptors (Lipinski definition) is 4. The molecule has 1 unspecified atom stereocenters. The molecule has 6 heteroatoms. The maximum Gasteiger partial charge on any atom is 0.269 e. The Hall–Kier alpha value is -1.76. The molecule has 0 radical (unpaired) electrons. The summed E-state index contributed by atoms with van der Waals surface area (Å²) in [6.45, 7) is 2.95. The zero-order valence-corrected chi connectivity index (χ0v) is 14.1. The van der Waals surface area contributed by atoms with Crippen molar-refractivity contribution in [1.82, 2.24) is 4.90 Å². The van der Waals surface area contributed by atoms with Gasteiger partial charge in [0, 0.05) is 36.2 Å². The Morgan fingerprint density at radius 1 is 1.26 bits per heavy atom. The monoisotopic (exact) mass is 376 g/mol. The highest BCUT2D eigenvalue weighted by atomic mass is 79.9. The lowest BCUT2D eigenvalue weighted by Crippen LogP contribution is -2.37. The van der Waals surface area contributed by atoms with Crippen LogP contribution in [0.15, 0.2) is 53.0 Å². The average Bonchev–Trinajstić information content (AvgIpc) is 2.55. The third-order valence-corrected chi connectivity index (χ3v) is 4.39. The Labute approximate surface area is 143 Å². The van der Waals surface area contributed by atoms with Crippen molar-refractivity contribution in [3.63, 3.8) is 0 Å². The van der Waals surface area contributed by atoms with Gasteiger partial charge in [-0.25, -0.2) is 0 Å². The molecule has 0 aliphatic carbocycles. The van der Waals surface area contributed by atoms with E-state index in [0.717, 1.165) is 28.7 Å². The minimum Gasteiger partial charge on any atom is -0.371 e. The van der Waals surface area contributed by atoms with Gasteiger partial charge in [0.1, 0.15) is 0 Å². The number of rotatable bonds is 4. The Balaban J connectivity index is 1.69. The summed E-state index contributed by atoms with van der Waals surface area (Å²) in [6, 6.07) is 15.0. The first-order chi connectivity index (χ1) is 11.1. The third kappa shape index (κ3) is 4.16. The van der Waals surface area contributed by atoms with Crippen molar-refractivity contribution in [3.8, 4) is 0 Å². The van der Waals surface area contributed by atoms with Crippen molar-refractivity contribution >= 4 is 21.6 Å². The molecular formula is C17H17BrN2O3. The normalized spacial score (nSPS) is 18.7. The van der Waals surface area contributed by atoms with Crippen LogP contribution in [0.2, 0.25) is 0 Å². The molecular weight excluding hydrogens is 360 g/mol. The van der Waals surface area contributed by atoms with Crippen molar-refractivity contribution in [1.29, 1.82) is 0 Å². The number of morpholine rings is 1. The van der Waals surface area contributed by atoms with Crippen molar-refractivity contribution in [2.24, 2.45) is 0 Å². The van der Waals surface area contributed by atoms with Crippen LogP contribution < -0.4 is 0 Å². The zero-order valence-electron chi connectivity index (χ0n) is 12.5. The van der Waals surface area contributed by atoms with Gasteiger partial charge in [-0.05, 0) is 23.3 Å². The lowest BCUT2D eigenvalue weighted by atomic mass is 10.1. The van der Waals surface area contributed by atoms with Crippen LogP contribution in [0.5, 0.6) is 0 Å². The van der Waals surface area contributed by atoms with Crippen LogP contribution in [-0.2, 0) is 11.3 Å². The van der Waals surface area contributed by atoms with Gasteiger partial charge in [0.2, 0.25) is 0 Å². The third-order valence-electron chi connectivity index (χ3n) is 3.90. The molecule has 0 amide bonds. The second-order valence-corrected chi connectivity index (χ2v) is 6.49. The molecule has 0 saturated carbocycles. The van der Waals surface area contributed by atoms with Crippen LogP contribution in [0.4, 0.5) is 5.69 Å². The summed E-state index contributed by atoms with van der Waals surface area (Å²) >= 11 is 3.49. The van der Waals surface area contributed by atoms with Gasteiger partial charge in [-0.15, -0.1) is 0 Å². The molecule has 2 aromatic carbocycles. The molecule has 0 aromatic heterocycles. The molecule has 5 nitrogen and oxygen atoms in total. The van der Waals surface area contributed by atoms with Crippen LogP contribution in [0.1, 0.15) is 17.2 Å². The van der Waals surface area contributed by atoms with Crippen LogP contribution in [0.3, 0.4) is 0 Å². The van der Waals surface area contributed by atoms with Gasteiger partial charge in [0.25, 0.3) is 5.69 Å². The highest BCUT2D eigenvalue weighted by Crippen LogP contribution is 2.26. The zero-order chi connectivity index (χ0) is 16.2. The van der Waals surface area contributed by atoms with Gasteiger partial charge < -0.3 is 4.74 Å². The molecule has 1 saturated heterocycles. The number of ether oxygens (including phenoxy) is 1. The predicted molar refractivity (Wildman–Crippen MR) is 91.2 cm³/mol. The smallest absolute Gasteiger partial charge is 0.269 e. The molecule has 1 heterocycles. The molecule has 23 heavy (non-hydrogen) atoms. The minimum absolute atomic E-state index is 0.0277. The molecule has 1 aliphatic heterocycles. The first-order valence-electron chi connectivity index (χ1n) is 7.44. The van der Waals surface area contributed by atoms with E-state index in [1.165, 1.54) is 6.07 Å². The number of benzene rings is 2. The Kier molecular flexibility index (Phi) is 5.05. The molecule has 0 N–H and O–H groups in total. The largest absolute Gasteiger partial charge is 0.371 e. The van der Waals surface area contributed by atoms with Gasteiger partial charge in [-0.2, -0.15) is 0 Å². The molecule has 3 rings (SSSR count). The molecule has 0 spiro atoms. The summed E-state index contributed by atoms with van der Waals surface area (Å²) in [6.07, 6.45) is 0.0277. The van der Waals surface area contributed by atoms with E-state index in [9.17, 15) is 10.1 Å². The number of nitro groups is 1. The fourth-order valence-electron chi connectivity index (χ4n) is 2.78. The van der Waals surface area contributed by atoms with Crippen LogP contribution in [0, 0.1) is 10.1 Å². The summed E-state index contributed by atoms with van der Waals surface area (Å²) < 4.78 is 6.91. The second kappa shape index (κ2) is 7.21. The van der Waals surface area contributed by atoms with Gasteiger partial charge in [0.15, 0.2) is 0 Å². The maximum atomic E-state index is 10.9. The highest BCUT2D eigenvalue weighted by Gasteiger charge is 2.22. The molecule has 120 valence electrons. The van der Waals surface area contributed by atoms with Gasteiger partial charge >= 0.3 is 0 Å². The first kappa shape index (κ1) is 16.1. The summed E-state index contributed by atoms with van der Waals surface area (Å²) in [5.41, 5.74) is 2.23. The van der Waals surface area contributed by atoms with E-state index < -0.39 is 0 Å². The Morgan fingerprint density at radius 3 is 2.87 bits per heavy atom. The number of non-ortho nitro benzene ring substituents is 1. The van der Waals surface area contributed by atoms with E-state index >= 15 is 0 Å². The number of nitro benzene ring substituents is 1. The standard InChI is InChI=1S/C17H17BrN2O3/c18-15-5-2-4-14(10-15)17-12-19(7-8-23-17)11-13-3-1-6-16(9-13)20(21)22/h1-6,9-10,17H,7-8,11-12H2. The van der Waals surface area contributed by atoms with Crippen molar-refractivity contribution in [2.75, 3.05) is 19.7 Å². The van der Waals surface area contributed by atoms with Crippen LogP contribution >= 0.6 is 15.9 Å². The molecule has 0 bridgehead atoms. The average molecular weight is 377 g/mol. The summed E-state index contributed by atoms with van der Waals surface area (Å²) in [5.74, 6) is 0. The fourth-order valence-corrected chi connectivity index (χ4v) is 3.20. The number of hydrogen-bond donors (Lipinski definition) is 0. The van der Waals surface area contributed by atoms with E-state index in [4.69, 9.17) is 4.74 Å². The number of halogens is 1. The van der Waals surface area contributed by atoms with Crippen molar-refractivity contribution in [3.05, 3.63) is 74.2 Å². The van der Waals surface area contributed by atoms with Crippen LogP contribution in [-0.4, -0.2) is 29.5 Å². The Morgan fingerprint density at radius 2 is 2.09 bits per heavy atom. The second-order valence-electron chi connectivity index (χ2n) is 5.58. The molecule has 1 atom stereocenters. The lowest BCUT2D eigenvalue weighted by molar-refractivity contribution is -0.384. The van der Waals surface area contributed by atoms with E-state index in [0.29, 0.717) is 13.2 Å². The minimum atomic E-state index is -0.354.